The summed E-state index contributed by atoms with van der Waals surface area (Å²) in [5, 5.41) is 3.39. The Hall–Kier alpha value is -0.290. The zero-order valence-electron chi connectivity index (χ0n) is 7.51. The number of rotatable bonds is 2. The Balaban J connectivity index is 2.30. The van der Waals surface area contributed by atoms with Gasteiger partial charge in [0.2, 0.25) is 0 Å². The Bertz CT molecular complexity index is 310. The van der Waals surface area contributed by atoms with E-state index >= 15 is 0 Å². The summed E-state index contributed by atoms with van der Waals surface area (Å²) in [4.78, 5) is 0. The van der Waals surface area contributed by atoms with Gasteiger partial charge in [-0.25, -0.2) is 0 Å². The first-order chi connectivity index (χ1) is 6.31. The second-order valence-corrected chi connectivity index (χ2v) is 4.35. The van der Waals surface area contributed by atoms with Crippen molar-refractivity contribution in [1.82, 2.24) is 5.32 Å². The minimum Gasteiger partial charge on any atom is -0.497 e. The number of nitrogens with one attached hydrogen (secondary N) is 1. The van der Waals surface area contributed by atoms with Gasteiger partial charge in [-0.3, -0.25) is 0 Å². The van der Waals surface area contributed by atoms with Crippen LogP contribution in [0.5, 0.6) is 5.75 Å². The normalized spacial score (nSPS) is 20.9. The van der Waals surface area contributed by atoms with Gasteiger partial charge < -0.3 is 10.1 Å². The average Bonchev–Trinajstić information content (AvgIpc) is 2.06. The minimum absolute atomic E-state index is 0.544. The molecule has 1 fully saturated rings. The second kappa shape index (κ2) is 3.84. The number of benzene rings is 1. The van der Waals surface area contributed by atoms with E-state index in [-0.39, 0.29) is 0 Å². The smallest absolute Gasteiger partial charge is 0.119 e. The van der Waals surface area contributed by atoms with Crippen molar-refractivity contribution in [3.63, 3.8) is 0 Å². The van der Waals surface area contributed by atoms with E-state index in [0.717, 1.165) is 12.3 Å². The van der Waals surface area contributed by atoms with Crippen molar-refractivity contribution in [2.45, 2.75) is 12.5 Å². The molecule has 2 nitrogen and oxygen atoms in total. The predicted octanol–water partition coefficient (Wildman–Crippen LogP) is 2.33. The van der Waals surface area contributed by atoms with Gasteiger partial charge in [-0.2, -0.15) is 0 Å². The summed E-state index contributed by atoms with van der Waals surface area (Å²) < 4.78 is 6.51. The third-order valence-electron chi connectivity index (χ3n) is 2.40. The molecular formula is C10H12INO. The SMILES string of the molecule is COc1ccc(I)c(C2CCN2)c1. The highest BCUT2D eigenvalue weighted by Crippen LogP contribution is 2.29. The van der Waals surface area contributed by atoms with Crippen molar-refractivity contribution >= 4 is 22.6 Å². The van der Waals surface area contributed by atoms with Gasteiger partial charge in [0.05, 0.1) is 7.11 Å². The molecule has 1 aliphatic heterocycles. The lowest BCUT2D eigenvalue weighted by atomic mass is 9.98. The van der Waals surface area contributed by atoms with E-state index in [9.17, 15) is 0 Å². The molecule has 3 heteroatoms. The first-order valence-corrected chi connectivity index (χ1v) is 5.46. The van der Waals surface area contributed by atoms with Crippen LogP contribution in [0.3, 0.4) is 0 Å². The first kappa shape index (κ1) is 9.27. The minimum atomic E-state index is 0.544. The molecule has 0 aromatic heterocycles. The fraction of sp³-hybridized carbons (Fsp3) is 0.400. The molecule has 0 bridgehead atoms. The van der Waals surface area contributed by atoms with Crippen LogP contribution in [0.25, 0.3) is 0 Å². The highest BCUT2D eigenvalue weighted by atomic mass is 127. The van der Waals surface area contributed by atoms with E-state index in [1.165, 1.54) is 15.6 Å². The van der Waals surface area contributed by atoms with Gasteiger partial charge in [0.15, 0.2) is 0 Å². The van der Waals surface area contributed by atoms with Gasteiger partial charge in [0.25, 0.3) is 0 Å². The Kier molecular flexibility index (Phi) is 2.74. The molecule has 1 aromatic rings. The number of hydrogen-bond donors (Lipinski definition) is 1. The molecule has 70 valence electrons. The predicted molar refractivity (Wildman–Crippen MR) is 61.1 cm³/mol. The molecule has 13 heavy (non-hydrogen) atoms. The quantitative estimate of drug-likeness (QED) is 0.844. The van der Waals surface area contributed by atoms with Crippen LogP contribution in [-0.4, -0.2) is 13.7 Å². The third-order valence-corrected chi connectivity index (χ3v) is 3.38. The maximum atomic E-state index is 5.20. The topological polar surface area (TPSA) is 21.3 Å². The van der Waals surface area contributed by atoms with Crippen LogP contribution in [0.1, 0.15) is 18.0 Å². The summed E-state index contributed by atoms with van der Waals surface area (Å²) in [6, 6.07) is 6.78. The molecule has 0 amide bonds. The molecule has 1 aromatic carbocycles. The zero-order chi connectivity index (χ0) is 9.26. The summed E-state index contributed by atoms with van der Waals surface area (Å²) in [6.07, 6.45) is 1.24. The number of ether oxygens (including phenoxy) is 1. The molecule has 1 unspecified atom stereocenters. The molecule has 0 aliphatic carbocycles. The van der Waals surface area contributed by atoms with Crippen molar-refractivity contribution in [3.8, 4) is 5.75 Å². The van der Waals surface area contributed by atoms with Crippen LogP contribution in [0.2, 0.25) is 0 Å². The second-order valence-electron chi connectivity index (χ2n) is 3.18. The van der Waals surface area contributed by atoms with Crippen LogP contribution in [0.15, 0.2) is 18.2 Å². The Morgan fingerprint density at radius 1 is 1.54 bits per heavy atom. The van der Waals surface area contributed by atoms with E-state index in [1.807, 2.05) is 6.07 Å². The average molecular weight is 289 g/mol. The molecule has 1 N–H and O–H groups in total. The third kappa shape index (κ3) is 1.81. The van der Waals surface area contributed by atoms with Crippen molar-refractivity contribution < 1.29 is 4.74 Å². The van der Waals surface area contributed by atoms with E-state index < -0.39 is 0 Å². The monoisotopic (exact) mass is 289 g/mol. The van der Waals surface area contributed by atoms with Gasteiger partial charge in [-0.05, 0) is 59.3 Å². The summed E-state index contributed by atoms with van der Waals surface area (Å²) in [7, 11) is 1.71. The van der Waals surface area contributed by atoms with Crippen LogP contribution in [0, 0.1) is 3.57 Å². The standard InChI is InChI=1S/C10H12INO/c1-13-7-2-3-9(11)8(6-7)10-4-5-12-10/h2-3,6,10,12H,4-5H2,1H3. The van der Waals surface area contributed by atoms with Gasteiger partial charge in [-0.1, -0.05) is 0 Å². The Morgan fingerprint density at radius 2 is 2.31 bits per heavy atom. The van der Waals surface area contributed by atoms with Gasteiger partial charge in [0, 0.05) is 9.61 Å². The van der Waals surface area contributed by atoms with E-state index in [1.54, 1.807) is 7.11 Å². The molecule has 1 aliphatic rings. The molecular weight excluding hydrogens is 277 g/mol. The van der Waals surface area contributed by atoms with Crippen molar-refractivity contribution in [2.24, 2.45) is 0 Å². The van der Waals surface area contributed by atoms with Crippen molar-refractivity contribution in [1.29, 1.82) is 0 Å². The molecule has 1 heterocycles. The molecule has 1 saturated heterocycles. The fourth-order valence-corrected chi connectivity index (χ4v) is 2.18. The van der Waals surface area contributed by atoms with Crippen LogP contribution >= 0.6 is 22.6 Å². The summed E-state index contributed by atoms with van der Waals surface area (Å²) in [5.74, 6) is 0.948. The number of halogens is 1. The number of hydrogen-bond acceptors (Lipinski definition) is 2. The van der Waals surface area contributed by atoms with E-state index in [4.69, 9.17) is 4.74 Å². The highest BCUT2D eigenvalue weighted by Gasteiger charge is 2.20. The number of methoxy groups -OCH3 is 1. The lowest BCUT2D eigenvalue weighted by molar-refractivity contribution is 0.376. The van der Waals surface area contributed by atoms with Crippen molar-refractivity contribution in [2.75, 3.05) is 13.7 Å². The van der Waals surface area contributed by atoms with Crippen LogP contribution in [-0.2, 0) is 0 Å². The van der Waals surface area contributed by atoms with Crippen LogP contribution in [0.4, 0.5) is 0 Å². The van der Waals surface area contributed by atoms with Gasteiger partial charge >= 0.3 is 0 Å². The summed E-state index contributed by atoms with van der Waals surface area (Å²) >= 11 is 2.37. The maximum Gasteiger partial charge on any atom is 0.119 e. The highest BCUT2D eigenvalue weighted by molar-refractivity contribution is 14.1. The molecule has 0 spiro atoms. The first-order valence-electron chi connectivity index (χ1n) is 4.38. The molecule has 1 atom stereocenters. The molecule has 0 radical (unpaired) electrons. The largest absolute Gasteiger partial charge is 0.497 e. The lowest BCUT2D eigenvalue weighted by Crippen LogP contribution is -2.35. The van der Waals surface area contributed by atoms with Gasteiger partial charge in [-0.15, -0.1) is 0 Å². The Labute approximate surface area is 91.8 Å². The zero-order valence-corrected chi connectivity index (χ0v) is 9.67. The summed E-state index contributed by atoms with van der Waals surface area (Å²) in [6.45, 7) is 1.14. The van der Waals surface area contributed by atoms with Gasteiger partial charge in [0.1, 0.15) is 5.75 Å². The van der Waals surface area contributed by atoms with E-state index in [0.29, 0.717) is 6.04 Å². The summed E-state index contributed by atoms with van der Waals surface area (Å²) in [5.41, 5.74) is 1.37. The van der Waals surface area contributed by atoms with Crippen LogP contribution < -0.4 is 10.1 Å². The van der Waals surface area contributed by atoms with Crippen molar-refractivity contribution in [3.05, 3.63) is 27.3 Å². The maximum absolute atomic E-state index is 5.20. The fourth-order valence-electron chi connectivity index (χ4n) is 1.47. The Morgan fingerprint density at radius 3 is 2.85 bits per heavy atom. The molecule has 0 saturated carbocycles. The lowest BCUT2D eigenvalue weighted by Gasteiger charge is -2.29. The molecule has 2 rings (SSSR count). The van der Waals surface area contributed by atoms with E-state index in [2.05, 4.69) is 40.0 Å².